The smallest absolute Gasteiger partial charge is 0.220 e. The first-order chi connectivity index (χ1) is 12.2. The van der Waals surface area contributed by atoms with Crippen LogP contribution in [0.4, 0.5) is 0 Å². The van der Waals surface area contributed by atoms with Crippen molar-refractivity contribution < 1.29 is 9.53 Å². The number of nitrogens with zero attached hydrogens (tertiary/aromatic N) is 1. The Kier molecular flexibility index (Phi) is 6.01. The van der Waals surface area contributed by atoms with Gasteiger partial charge in [-0.3, -0.25) is 4.79 Å². The number of nitrogens with one attached hydrogen (secondary N) is 1. The number of para-hydroxylation sites is 1. The maximum atomic E-state index is 11.9. The van der Waals surface area contributed by atoms with Crippen molar-refractivity contribution >= 4 is 27.5 Å². The van der Waals surface area contributed by atoms with Gasteiger partial charge in [0.2, 0.25) is 5.91 Å². The maximum absolute atomic E-state index is 11.9. The van der Waals surface area contributed by atoms with Gasteiger partial charge in [0.05, 0.1) is 21.8 Å². The number of aryl methyl sites for hydroxylation is 2. The fraction of sp³-hybridized carbons (Fsp3) is 0.300. The summed E-state index contributed by atoms with van der Waals surface area (Å²) in [6, 6.07) is 16.0. The molecule has 130 valence electrons. The predicted octanol–water partition coefficient (Wildman–Crippen LogP) is 4.12. The van der Waals surface area contributed by atoms with E-state index in [1.807, 2.05) is 49.4 Å². The highest BCUT2D eigenvalue weighted by molar-refractivity contribution is 7.18. The molecule has 5 heteroatoms. The fourth-order valence-corrected chi connectivity index (χ4v) is 3.50. The first kappa shape index (κ1) is 17.4. The largest absolute Gasteiger partial charge is 0.494 e. The van der Waals surface area contributed by atoms with Gasteiger partial charge in [-0.25, -0.2) is 4.98 Å². The number of carbonyl (C=O) groups excluding carboxylic acids is 1. The lowest BCUT2D eigenvalue weighted by molar-refractivity contribution is -0.121. The monoisotopic (exact) mass is 354 g/mol. The number of hydrogen-bond acceptors (Lipinski definition) is 4. The van der Waals surface area contributed by atoms with Gasteiger partial charge in [0.25, 0.3) is 0 Å². The summed E-state index contributed by atoms with van der Waals surface area (Å²) in [4.78, 5) is 16.5. The van der Waals surface area contributed by atoms with Crippen molar-refractivity contribution in [3.63, 3.8) is 0 Å². The summed E-state index contributed by atoms with van der Waals surface area (Å²) in [5.41, 5.74) is 2.19. The number of aromatic nitrogens is 1. The number of benzene rings is 2. The molecule has 1 aromatic heterocycles. The highest BCUT2D eigenvalue weighted by Gasteiger charge is 2.06. The average molecular weight is 354 g/mol. The number of carbonyl (C=O) groups is 1. The minimum Gasteiger partial charge on any atom is -0.494 e. The van der Waals surface area contributed by atoms with Gasteiger partial charge < -0.3 is 10.1 Å². The van der Waals surface area contributed by atoms with E-state index in [1.165, 1.54) is 10.3 Å². The maximum Gasteiger partial charge on any atom is 0.220 e. The van der Waals surface area contributed by atoms with Gasteiger partial charge in [-0.15, -0.1) is 11.3 Å². The van der Waals surface area contributed by atoms with Crippen molar-refractivity contribution in [3.05, 3.63) is 59.1 Å². The zero-order chi connectivity index (χ0) is 17.5. The number of ether oxygens (including phenoxy) is 1. The summed E-state index contributed by atoms with van der Waals surface area (Å²) in [6.45, 7) is 3.27. The van der Waals surface area contributed by atoms with E-state index in [2.05, 4.69) is 16.4 Å². The highest BCUT2D eigenvalue weighted by Crippen LogP contribution is 2.22. The highest BCUT2D eigenvalue weighted by atomic mass is 32.1. The van der Waals surface area contributed by atoms with Crippen molar-refractivity contribution in [1.82, 2.24) is 10.3 Å². The van der Waals surface area contributed by atoms with Crippen molar-refractivity contribution in [3.8, 4) is 5.75 Å². The van der Waals surface area contributed by atoms with Gasteiger partial charge in [-0.2, -0.15) is 0 Å². The summed E-state index contributed by atoms with van der Waals surface area (Å²) >= 11 is 1.66. The van der Waals surface area contributed by atoms with Crippen LogP contribution in [-0.4, -0.2) is 24.0 Å². The standard InChI is InChI=1S/C20H22N2O2S/c1-15-6-4-7-16(14-15)24-13-5-12-21-19(23)10-11-20-22-17-8-2-3-9-18(17)25-20/h2-4,6-9,14H,5,10-13H2,1H3,(H,21,23). The van der Waals surface area contributed by atoms with E-state index in [0.717, 1.165) is 22.7 Å². The first-order valence-electron chi connectivity index (χ1n) is 8.51. The molecule has 0 atom stereocenters. The normalized spacial score (nSPS) is 10.8. The summed E-state index contributed by atoms with van der Waals surface area (Å²) in [5.74, 6) is 0.942. The van der Waals surface area contributed by atoms with Crippen LogP contribution in [0.15, 0.2) is 48.5 Å². The molecular formula is C20H22N2O2S. The number of fused-ring (bicyclic) bond motifs is 1. The molecule has 4 nitrogen and oxygen atoms in total. The quantitative estimate of drug-likeness (QED) is 0.619. The van der Waals surface area contributed by atoms with Crippen molar-refractivity contribution in [1.29, 1.82) is 0 Å². The van der Waals surface area contributed by atoms with E-state index < -0.39 is 0 Å². The van der Waals surface area contributed by atoms with Crippen LogP contribution in [0.25, 0.3) is 10.2 Å². The lowest BCUT2D eigenvalue weighted by atomic mass is 10.2. The molecule has 0 spiro atoms. The van der Waals surface area contributed by atoms with Crippen LogP contribution >= 0.6 is 11.3 Å². The second-order valence-electron chi connectivity index (χ2n) is 5.94. The van der Waals surface area contributed by atoms with Gasteiger partial charge in [0.1, 0.15) is 5.75 Å². The molecule has 0 saturated heterocycles. The molecule has 3 rings (SSSR count). The molecule has 0 aliphatic rings. The molecule has 3 aromatic rings. The van der Waals surface area contributed by atoms with Crippen LogP contribution in [0.3, 0.4) is 0 Å². The van der Waals surface area contributed by atoms with Crippen LogP contribution in [0.5, 0.6) is 5.75 Å². The average Bonchev–Trinajstić information content (AvgIpc) is 3.03. The van der Waals surface area contributed by atoms with Crippen LogP contribution in [0.1, 0.15) is 23.4 Å². The number of thiazole rings is 1. The Balaban J connectivity index is 1.33. The van der Waals surface area contributed by atoms with Gasteiger partial charge in [0.15, 0.2) is 0 Å². The molecule has 0 fully saturated rings. The Morgan fingerprint density at radius 3 is 2.92 bits per heavy atom. The molecule has 0 aliphatic carbocycles. The second-order valence-corrected chi connectivity index (χ2v) is 7.06. The third kappa shape index (κ3) is 5.29. The molecule has 0 bridgehead atoms. The molecule has 0 unspecified atom stereocenters. The summed E-state index contributed by atoms with van der Waals surface area (Å²) < 4.78 is 6.84. The molecule has 2 aromatic carbocycles. The van der Waals surface area contributed by atoms with E-state index in [-0.39, 0.29) is 5.91 Å². The third-order valence-corrected chi connectivity index (χ3v) is 4.90. The number of amides is 1. The molecule has 25 heavy (non-hydrogen) atoms. The number of rotatable bonds is 8. The fourth-order valence-electron chi connectivity index (χ4n) is 2.53. The minimum absolute atomic E-state index is 0.0646. The molecule has 0 aliphatic heterocycles. The second kappa shape index (κ2) is 8.62. The van der Waals surface area contributed by atoms with Crippen LogP contribution in [0, 0.1) is 6.92 Å². The van der Waals surface area contributed by atoms with Crippen LogP contribution < -0.4 is 10.1 Å². The Morgan fingerprint density at radius 2 is 2.08 bits per heavy atom. The molecule has 1 heterocycles. The van der Waals surface area contributed by atoms with Crippen LogP contribution in [0.2, 0.25) is 0 Å². The van der Waals surface area contributed by atoms with Crippen molar-refractivity contribution in [2.24, 2.45) is 0 Å². The zero-order valence-corrected chi connectivity index (χ0v) is 15.1. The molecular weight excluding hydrogens is 332 g/mol. The zero-order valence-electron chi connectivity index (χ0n) is 14.3. The number of hydrogen-bond donors (Lipinski definition) is 1. The Labute approximate surface area is 151 Å². The summed E-state index contributed by atoms with van der Waals surface area (Å²) in [7, 11) is 0. The first-order valence-corrected chi connectivity index (χ1v) is 9.33. The van der Waals surface area contributed by atoms with Crippen molar-refractivity contribution in [2.75, 3.05) is 13.2 Å². The van der Waals surface area contributed by atoms with Crippen molar-refractivity contribution in [2.45, 2.75) is 26.2 Å². The Hall–Kier alpha value is -2.40. The van der Waals surface area contributed by atoms with E-state index >= 15 is 0 Å². The minimum atomic E-state index is 0.0646. The summed E-state index contributed by atoms with van der Waals surface area (Å²) in [6.07, 6.45) is 1.95. The SMILES string of the molecule is Cc1cccc(OCCCNC(=O)CCc2nc3ccccc3s2)c1. The van der Waals surface area contributed by atoms with Crippen LogP contribution in [-0.2, 0) is 11.2 Å². The topological polar surface area (TPSA) is 51.2 Å². The Morgan fingerprint density at radius 1 is 1.20 bits per heavy atom. The summed E-state index contributed by atoms with van der Waals surface area (Å²) in [5, 5.41) is 3.96. The Bertz CT molecular complexity index is 811. The van der Waals surface area contributed by atoms with E-state index in [4.69, 9.17) is 4.74 Å². The lowest BCUT2D eigenvalue weighted by Crippen LogP contribution is -2.25. The van der Waals surface area contributed by atoms with Gasteiger partial charge in [-0.05, 0) is 43.2 Å². The van der Waals surface area contributed by atoms with Gasteiger partial charge >= 0.3 is 0 Å². The van der Waals surface area contributed by atoms with E-state index in [0.29, 0.717) is 26.0 Å². The predicted molar refractivity (Wildman–Crippen MR) is 102 cm³/mol. The molecule has 1 N–H and O–H groups in total. The molecule has 0 saturated carbocycles. The molecule has 1 amide bonds. The van der Waals surface area contributed by atoms with E-state index in [9.17, 15) is 4.79 Å². The van der Waals surface area contributed by atoms with E-state index in [1.54, 1.807) is 11.3 Å². The molecule has 0 radical (unpaired) electrons. The third-order valence-electron chi connectivity index (χ3n) is 3.81. The van der Waals surface area contributed by atoms with Gasteiger partial charge in [-0.1, -0.05) is 24.3 Å². The lowest BCUT2D eigenvalue weighted by Gasteiger charge is -2.07. The van der Waals surface area contributed by atoms with Gasteiger partial charge in [0, 0.05) is 19.4 Å².